The lowest BCUT2D eigenvalue weighted by atomic mass is 9.92. The van der Waals surface area contributed by atoms with Crippen molar-refractivity contribution in [2.75, 3.05) is 13.2 Å². The molecule has 0 unspecified atom stereocenters. The van der Waals surface area contributed by atoms with Gasteiger partial charge in [0, 0.05) is 13.2 Å². The van der Waals surface area contributed by atoms with Gasteiger partial charge in [0.15, 0.2) is 0 Å². The summed E-state index contributed by atoms with van der Waals surface area (Å²) in [6.45, 7) is 1.92. The second kappa shape index (κ2) is 21.0. The van der Waals surface area contributed by atoms with Crippen LogP contribution in [0.5, 0.6) is 0 Å². The van der Waals surface area contributed by atoms with E-state index in [1.165, 1.54) is 161 Å². The molecular weight excluding hydrogens is 388 g/mol. The van der Waals surface area contributed by atoms with Gasteiger partial charge in [-0.3, -0.25) is 0 Å². The summed E-state index contributed by atoms with van der Waals surface area (Å²) >= 11 is 0. The van der Waals surface area contributed by atoms with Crippen LogP contribution in [0.3, 0.4) is 0 Å². The van der Waals surface area contributed by atoms with Gasteiger partial charge in [0.25, 0.3) is 0 Å². The molecule has 0 bridgehead atoms. The summed E-state index contributed by atoms with van der Waals surface area (Å²) in [5, 5.41) is 0. The third-order valence-electron chi connectivity index (χ3n) is 7.57. The quantitative estimate of drug-likeness (QED) is 0.390. The Morgan fingerprint density at radius 2 is 0.688 bits per heavy atom. The fourth-order valence-corrected chi connectivity index (χ4v) is 5.44. The molecule has 0 fully saturated rings. The van der Waals surface area contributed by atoms with E-state index in [4.69, 9.17) is 4.74 Å². The predicted octanol–water partition coefficient (Wildman–Crippen LogP) is 10.6. The highest BCUT2D eigenvalue weighted by Crippen LogP contribution is 2.26. The average Bonchev–Trinajstić information content (AvgIpc) is 2.79. The zero-order valence-corrected chi connectivity index (χ0v) is 21.7. The lowest BCUT2D eigenvalue weighted by molar-refractivity contribution is 0.127. The molecule has 1 nitrogen and oxygen atoms in total. The topological polar surface area (TPSA) is 9.23 Å². The van der Waals surface area contributed by atoms with Crippen molar-refractivity contribution in [1.29, 1.82) is 0 Å². The molecule has 32 heavy (non-hydrogen) atoms. The smallest absolute Gasteiger partial charge is 0.0469 e. The molecule has 0 spiro atoms. The maximum Gasteiger partial charge on any atom is 0.0469 e. The molecule has 0 N–H and O–H groups in total. The summed E-state index contributed by atoms with van der Waals surface area (Å²) < 4.78 is 5.98. The van der Waals surface area contributed by atoms with Crippen LogP contribution in [0.15, 0.2) is 23.3 Å². The first kappa shape index (κ1) is 27.7. The van der Waals surface area contributed by atoms with Crippen LogP contribution >= 0.6 is 0 Å². The zero-order chi connectivity index (χ0) is 22.4. The van der Waals surface area contributed by atoms with E-state index in [-0.39, 0.29) is 0 Å². The van der Waals surface area contributed by atoms with Crippen LogP contribution in [0.4, 0.5) is 0 Å². The third kappa shape index (κ3) is 15.3. The van der Waals surface area contributed by atoms with Crippen molar-refractivity contribution in [2.24, 2.45) is 0 Å². The SMILES string of the molecule is C1=C(C2=CCCCCCCCCCCOCCC2)CCCCCCCCCCCCCC1. The van der Waals surface area contributed by atoms with Gasteiger partial charge in [0.05, 0.1) is 0 Å². The van der Waals surface area contributed by atoms with E-state index in [9.17, 15) is 0 Å². The minimum atomic E-state index is 0.949. The van der Waals surface area contributed by atoms with Gasteiger partial charge in [0.1, 0.15) is 0 Å². The van der Waals surface area contributed by atoms with E-state index in [2.05, 4.69) is 12.2 Å². The highest BCUT2D eigenvalue weighted by atomic mass is 16.5. The number of rotatable bonds is 1. The Morgan fingerprint density at radius 3 is 1.19 bits per heavy atom. The second-order valence-corrected chi connectivity index (χ2v) is 10.6. The maximum atomic E-state index is 5.98. The van der Waals surface area contributed by atoms with Gasteiger partial charge in [-0.05, 0) is 68.9 Å². The van der Waals surface area contributed by atoms with Crippen molar-refractivity contribution in [1.82, 2.24) is 0 Å². The lowest BCUT2D eigenvalue weighted by Crippen LogP contribution is -2.00. The van der Waals surface area contributed by atoms with Crippen LogP contribution in [0.2, 0.25) is 0 Å². The number of hydrogen-bond donors (Lipinski definition) is 0. The molecule has 0 radical (unpaired) electrons. The molecule has 1 aliphatic carbocycles. The van der Waals surface area contributed by atoms with Gasteiger partial charge in [0.2, 0.25) is 0 Å². The van der Waals surface area contributed by atoms with E-state index in [0.29, 0.717) is 0 Å². The minimum absolute atomic E-state index is 0.949. The summed E-state index contributed by atoms with van der Waals surface area (Å²) in [5.41, 5.74) is 3.39. The van der Waals surface area contributed by atoms with E-state index in [1.807, 2.05) is 0 Å². The van der Waals surface area contributed by atoms with Crippen LogP contribution in [0, 0.1) is 0 Å². The highest BCUT2D eigenvalue weighted by molar-refractivity contribution is 5.31. The van der Waals surface area contributed by atoms with Crippen molar-refractivity contribution < 1.29 is 4.74 Å². The Kier molecular flexibility index (Phi) is 18.2. The monoisotopic (exact) mass is 444 g/mol. The first-order valence-electron chi connectivity index (χ1n) is 14.9. The van der Waals surface area contributed by atoms with Crippen molar-refractivity contribution in [3.63, 3.8) is 0 Å². The Balaban J connectivity index is 1.93. The lowest BCUT2D eigenvalue weighted by Gasteiger charge is -2.15. The largest absolute Gasteiger partial charge is 0.381 e. The van der Waals surface area contributed by atoms with Crippen LogP contribution in [0.25, 0.3) is 0 Å². The molecule has 2 rings (SSSR count). The van der Waals surface area contributed by atoms with Gasteiger partial charge in [-0.1, -0.05) is 115 Å². The van der Waals surface area contributed by atoms with Gasteiger partial charge in [-0.15, -0.1) is 0 Å². The molecule has 1 heteroatoms. The summed E-state index contributed by atoms with van der Waals surface area (Å²) in [4.78, 5) is 0. The fraction of sp³-hybridized carbons (Fsp3) is 0.871. The Labute approximate surface area is 201 Å². The van der Waals surface area contributed by atoms with Gasteiger partial charge in [-0.2, -0.15) is 0 Å². The second-order valence-electron chi connectivity index (χ2n) is 10.6. The first-order valence-corrected chi connectivity index (χ1v) is 14.9. The molecule has 2 aliphatic rings. The molecule has 0 atom stereocenters. The van der Waals surface area contributed by atoms with Crippen molar-refractivity contribution in [3.8, 4) is 0 Å². The van der Waals surface area contributed by atoms with Crippen molar-refractivity contribution >= 4 is 0 Å². The molecule has 186 valence electrons. The molecule has 1 aliphatic heterocycles. The molecular formula is C31H56O. The summed E-state index contributed by atoms with van der Waals surface area (Å²) in [6, 6.07) is 0. The Hall–Kier alpha value is -0.560. The van der Waals surface area contributed by atoms with Crippen molar-refractivity contribution in [3.05, 3.63) is 23.3 Å². The van der Waals surface area contributed by atoms with Crippen LogP contribution < -0.4 is 0 Å². The number of ether oxygens (including phenoxy) is 1. The van der Waals surface area contributed by atoms with Gasteiger partial charge < -0.3 is 4.74 Å². The molecule has 0 aromatic rings. The first-order chi connectivity index (χ1) is 16.0. The fourth-order valence-electron chi connectivity index (χ4n) is 5.44. The Morgan fingerprint density at radius 1 is 0.344 bits per heavy atom. The molecule has 0 amide bonds. The Bertz CT molecular complexity index is 431. The van der Waals surface area contributed by atoms with Gasteiger partial charge >= 0.3 is 0 Å². The normalized spacial score (nSPS) is 24.2. The summed E-state index contributed by atoms with van der Waals surface area (Å²) in [6.07, 6.45) is 40.0. The summed E-state index contributed by atoms with van der Waals surface area (Å²) in [7, 11) is 0. The standard InChI is InChI=1S/C31H56O/c1-2-4-7-11-15-19-24-30(25-20-16-12-8-5-3-1)31-26-21-17-13-9-6-10-14-18-22-28-32-29-23-27-31/h24,26H,1-23,25,27-29H2. The average molecular weight is 445 g/mol. The molecule has 0 saturated carbocycles. The molecule has 0 aromatic heterocycles. The molecule has 0 aromatic carbocycles. The number of hydrogen-bond acceptors (Lipinski definition) is 1. The summed E-state index contributed by atoms with van der Waals surface area (Å²) in [5.74, 6) is 0. The van der Waals surface area contributed by atoms with Crippen molar-refractivity contribution in [2.45, 2.75) is 161 Å². The maximum absolute atomic E-state index is 5.98. The minimum Gasteiger partial charge on any atom is -0.381 e. The number of allylic oxidation sites excluding steroid dienone is 4. The van der Waals surface area contributed by atoms with Crippen LogP contribution in [0.1, 0.15) is 161 Å². The van der Waals surface area contributed by atoms with Crippen LogP contribution in [-0.4, -0.2) is 13.2 Å². The van der Waals surface area contributed by atoms with Gasteiger partial charge in [-0.25, -0.2) is 0 Å². The van der Waals surface area contributed by atoms with Crippen LogP contribution in [-0.2, 0) is 4.74 Å². The highest BCUT2D eigenvalue weighted by Gasteiger charge is 2.07. The van der Waals surface area contributed by atoms with E-state index < -0.39 is 0 Å². The predicted molar refractivity (Wildman–Crippen MR) is 142 cm³/mol. The third-order valence-corrected chi connectivity index (χ3v) is 7.57. The van der Waals surface area contributed by atoms with E-state index in [0.717, 1.165) is 13.2 Å². The molecule has 1 heterocycles. The molecule has 0 saturated heterocycles. The zero-order valence-electron chi connectivity index (χ0n) is 21.7. The van der Waals surface area contributed by atoms with E-state index in [1.54, 1.807) is 11.1 Å². The van der Waals surface area contributed by atoms with E-state index >= 15 is 0 Å².